The van der Waals surface area contributed by atoms with Crippen molar-refractivity contribution in [3.63, 3.8) is 0 Å². The monoisotopic (exact) mass is 259 g/mol. The Morgan fingerprint density at radius 3 is 2.79 bits per heavy atom. The van der Waals surface area contributed by atoms with Gasteiger partial charge in [0.1, 0.15) is 5.75 Å². The van der Waals surface area contributed by atoms with E-state index in [1.807, 2.05) is 0 Å². The lowest BCUT2D eigenvalue weighted by Crippen LogP contribution is -2.44. The maximum atomic E-state index is 9.86. The zero-order chi connectivity index (χ0) is 12.8. The molecule has 0 saturated carbocycles. The minimum absolute atomic E-state index is 0.0674. The van der Waals surface area contributed by atoms with E-state index in [-0.39, 0.29) is 6.10 Å². The van der Waals surface area contributed by atoms with Crippen molar-refractivity contribution < 1.29 is 9.84 Å². The summed E-state index contributed by atoms with van der Waals surface area (Å²) in [6.45, 7) is 1.87. The number of hydrogen-bond donors (Lipinski definition) is 1. The van der Waals surface area contributed by atoms with Crippen LogP contribution in [-0.2, 0) is 13.0 Å². The highest BCUT2D eigenvalue weighted by Crippen LogP contribution is 2.37. The van der Waals surface area contributed by atoms with Gasteiger partial charge in [0.15, 0.2) is 0 Å². The van der Waals surface area contributed by atoms with Crippen molar-refractivity contribution in [2.75, 3.05) is 6.61 Å². The Hall–Kier alpha value is -1.06. The SMILES string of the molecule is OC1C[C@H]2CC[C@@H](C1)N2Cc1ccc2c(c1)CCO2. The molecule has 0 amide bonds. The van der Waals surface area contributed by atoms with Crippen LogP contribution in [0.4, 0.5) is 0 Å². The van der Waals surface area contributed by atoms with Gasteiger partial charge < -0.3 is 9.84 Å². The summed E-state index contributed by atoms with van der Waals surface area (Å²) in [5.74, 6) is 1.07. The van der Waals surface area contributed by atoms with E-state index >= 15 is 0 Å². The van der Waals surface area contributed by atoms with E-state index in [2.05, 4.69) is 23.1 Å². The van der Waals surface area contributed by atoms with Crippen molar-refractivity contribution >= 4 is 0 Å². The van der Waals surface area contributed by atoms with Crippen LogP contribution in [-0.4, -0.2) is 34.8 Å². The third-order valence-electron chi connectivity index (χ3n) is 4.98. The molecule has 2 fully saturated rings. The number of nitrogens with zero attached hydrogens (tertiary/aromatic N) is 1. The van der Waals surface area contributed by atoms with E-state index in [1.165, 1.54) is 24.0 Å². The molecule has 0 aromatic heterocycles. The summed E-state index contributed by atoms with van der Waals surface area (Å²) >= 11 is 0. The van der Waals surface area contributed by atoms with Crippen LogP contribution in [0.3, 0.4) is 0 Å². The van der Waals surface area contributed by atoms with Crippen molar-refractivity contribution in [1.29, 1.82) is 0 Å². The van der Waals surface area contributed by atoms with Gasteiger partial charge in [-0.15, -0.1) is 0 Å². The van der Waals surface area contributed by atoms with Crippen LogP contribution in [0.5, 0.6) is 5.75 Å². The van der Waals surface area contributed by atoms with Gasteiger partial charge in [0.05, 0.1) is 12.7 Å². The van der Waals surface area contributed by atoms with E-state index in [9.17, 15) is 5.11 Å². The van der Waals surface area contributed by atoms with Crippen LogP contribution in [0.15, 0.2) is 18.2 Å². The summed E-state index contributed by atoms with van der Waals surface area (Å²) in [4.78, 5) is 2.62. The number of aliphatic hydroxyl groups is 1. The highest BCUT2D eigenvalue weighted by Gasteiger charge is 2.39. The Kier molecular flexibility index (Phi) is 2.78. The molecular weight excluding hydrogens is 238 g/mol. The average Bonchev–Trinajstić information content (AvgIpc) is 2.94. The van der Waals surface area contributed by atoms with Crippen LogP contribution in [0, 0.1) is 0 Å². The van der Waals surface area contributed by atoms with Gasteiger partial charge in [0.25, 0.3) is 0 Å². The number of ether oxygens (including phenoxy) is 1. The van der Waals surface area contributed by atoms with Gasteiger partial charge >= 0.3 is 0 Å². The molecule has 19 heavy (non-hydrogen) atoms. The van der Waals surface area contributed by atoms with Gasteiger partial charge in [-0.1, -0.05) is 12.1 Å². The Morgan fingerprint density at radius 2 is 2.00 bits per heavy atom. The Labute approximate surface area is 114 Å². The van der Waals surface area contributed by atoms with Crippen molar-refractivity contribution in [3.8, 4) is 5.75 Å². The van der Waals surface area contributed by atoms with Gasteiger partial charge in [-0.25, -0.2) is 0 Å². The van der Waals surface area contributed by atoms with E-state index in [4.69, 9.17) is 4.74 Å². The smallest absolute Gasteiger partial charge is 0.122 e. The second-order valence-corrected chi connectivity index (χ2v) is 6.22. The predicted molar refractivity (Wildman–Crippen MR) is 73.2 cm³/mol. The van der Waals surface area contributed by atoms with Gasteiger partial charge in [0, 0.05) is 25.0 Å². The van der Waals surface area contributed by atoms with E-state index in [1.54, 1.807) is 0 Å². The predicted octanol–water partition coefficient (Wildman–Crippen LogP) is 2.11. The molecule has 2 bridgehead atoms. The fourth-order valence-electron chi connectivity index (χ4n) is 4.05. The molecule has 0 aliphatic carbocycles. The van der Waals surface area contributed by atoms with Crippen molar-refractivity contribution in [3.05, 3.63) is 29.3 Å². The second-order valence-electron chi connectivity index (χ2n) is 6.22. The molecule has 3 aliphatic heterocycles. The molecule has 1 N–H and O–H groups in total. The fraction of sp³-hybridized carbons (Fsp3) is 0.625. The minimum atomic E-state index is -0.0674. The number of piperidine rings is 1. The maximum Gasteiger partial charge on any atom is 0.122 e. The molecule has 3 nitrogen and oxygen atoms in total. The lowest BCUT2D eigenvalue weighted by molar-refractivity contribution is 0.0310. The molecule has 1 aromatic carbocycles. The number of benzene rings is 1. The van der Waals surface area contributed by atoms with Crippen LogP contribution in [0.1, 0.15) is 36.8 Å². The Bertz CT molecular complexity index is 474. The molecule has 3 heterocycles. The molecule has 4 rings (SSSR count). The summed E-state index contributed by atoms with van der Waals surface area (Å²) in [6.07, 6.45) is 5.43. The van der Waals surface area contributed by atoms with Gasteiger partial charge in [0.2, 0.25) is 0 Å². The van der Waals surface area contributed by atoms with Crippen LogP contribution in [0.25, 0.3) is 0 Å². The molecule has 0 radical (unpaired) electrons. The summed E-state index contributed by atoms with van der Waals surface area (Å²) in [5.41, 5.74) is 2.76. The molecule has 1 aromatic rings. The van der Waals surface area contributed by atoms with Crippen LogP contribution < -0.4 is 4.74 Å². The first-order chi connectivity index (χ1) is 9.29. The van der Waals surface area contributed by atoms with Gasteiger partial charge in [-0.3, -0.25) is 4.90 Å². The third kappa shape index (κ3) is 2.05. The average molecular weight is 259 g/mol. The molecule has 3 atom stereocenters. The molecule has 3 heteroatoms. The first kappa shape index (κ1) is 11.7. The molecular formula is C16H21NO2. The van der Waals surface area contributed by atoms with E-state index in [0.29, 0.717) is 12.1 Å². The lowest BCUT2D eigenvalue weighted by Gasteiger charge is -2.37. The fourth-order valence-corrected chi connectivity index (χ4v) is 4.05. The second kappa shape index (κ2) is 4.50. The molecule has 1 unspecified atom stereocenters. The quantitative estimate of drug-likeness (QED) is 0.883. The number of aliphatic hydroxyl groups excluding tert-OH is 1. The Morgan fingerprint density at radius 1 is 1.21 bits per heavy atom. The van der Waals surface area contributed by atoms with Crippen molar-refractivity contribution in [2.24, 2.45) is 0 Å². The third-order valence-corrected chi connectivity index (χ3v) is 4.98. The molecule has 0 spiro atoms. The normalized spacial score (nSPS) is 33.2. The van der Waals surface area contributed by atoms with E-state index < -0.39 is 0 Å². The summed E-state index contributed by atoms with van der Waals surface area (Å²) in [6, 6.07) is 7.83. The molecule has 2 saturated heterocycles. The number of rotatable bonds is 2. The summed E-state index contributed by atoms with van der Waals surface area (Å²) in [5, 5.41) is 9.86. The summed E-state index contributed by atoms with van der Waals surface area (Å²) in [7, 11) is 0. The lowest BCUT2D eigenvalue weighted by atomic mass is 9.98. The highest BCUT2D eigenvalue weighted by atomic mass is 16.5. The van der Waals surface area contributed by atoms with Crippen molar-refractivity contribution in [2.45, 2.75) is 56.8 Å². The topological polar surface area (TPSA) is 32.7 Å². The minimum Gasteiger partial charge on any atom is -0.493 e. The molecule has 102 valence electrons. The number of hydrogen-bond acceptors (Lipinski definition) is 3. The zero-order valence-corrected chi connectivity index (χ0v) is 11.2. The van der Waals surface area contributed by atoms with Gasteiger partial charge in [-0.05, 0) is 42.9 Å². The molecule has 3 aliphatic rings. The largest absolute Gasteiger partial charge is 0.493 e. The maximum absolute atomic E-state index is 9.86. The first-order valence-electron chi connectivity index (χ1n) is 7.48. The van der Waals surface area contributed by atoms with Gasteiger partial charge in [-0.2, -0.15) is 0 Å². The zero-order valence-electron chi connectivity index (χ0n) is 11.2. The first-order valence-corrected chi connectivity index (χ1v) is 7.48. The van der Waals surface area contributed by atoms with Crippen LogP contribution >= 0.6 is 0 Å². The van der Waals surface area contributed by atoms with Crippen molar-refractivity contribution in [1.82, 2.24) is 4.90 Å². The standard InChI is InChI=1S/C16H21NO2/c18-15-8-13-2-3-14(9-15)17(13)10-11-1-4-16-12(7-11)5-6-19-16/h1,4,7,13-15,18H,2-3,5-6,8-10H2/t13-,14+,15?. The Balaban J connectivity index is 1.53. The van der Waals surface area contributed by atoms with E-state index in [0.717, 1.165) is 38.2 Å². The van der Waals surface area contributed by atoms with Crippen LogP contribution in [0.2, 0.25) is 0 Å². The summed E-state index contributed by atoms with van der Waals surface area (Å²) < 4.78 is 5.57. The highest BCUT2D eigenvalue weighted by molar-refractivity contribution is 5.39. The number of fused-ring (bicyclic) bond motifs is 3.